The van der Waals surface area contributed by atoms with Crippen molar-refractivity contribution in [3.05, 3.63) is 47.2 Å². The fourth-order valence-electron chi connectivity index (χ4n) is 3.16. The summed E-state index contributed by atoms with van der Waals surface area (Å²) >= 11 is 0. The third-order valence-electron chi connectivity index (χ3n) is 4.49. The van der Waals surface area contributed by atoms with Crippen molar-refractivity contribution in [2.75, 3.05) is 27.3 Å². The summed E-state index contributed by atoms with van der Waals surface area (Å²) in [4.78, 5) is 13.9. The Kier molecular flexibility index (Phi) is 7.26. The Bertz CT molecular complexity index is 672. The van der Waals surface area contributed by atoms with Gasteiger partial charge < -0.3 is 19.5 Å². The Morgan fingerprint density at radius 2 is 2.04 bits per heavy atom. The molecule has 0 saturated heterocycles. The van der Waals surface area contributed by atoms with Crippen molar-refractivity contribution in [2.45, 2.75) is 32.0 Å². The molecule has 1 amide bonds. The van der Waals surface area contributed by atoms with E-state index in [1.165, 1.54) is 4.90 Å². The quantitative estimate of drug-likeness (QED) is 0.762. The van der Waals surface area contributed by atoms with Gasteiger partial charge in [0.2, 0.25) is 6.29 Å². The first kappa shape index (κ1) is 20.0. The molecule has 0 aromatic heterocycles. The highest BCUT2D eigenvalue weighted by molar-refractivity contribution is 5.91. The average Bonchev–Trinajstić information content (AvgIpc) is 2.66. The van der Waals surface area contributed by atoms with Gasteiger partial charge in [-0.3, -0.25) is 4.79 Å². The predicted molar refractivity (Wildman–Crippen MR) is 100 cm³/mol. The fraction of sp³-hybridized carbons (Fsp3) is 0.476. The molecule has 0 fully saturated rings. The zero-order valence-corrected chi connectivity index (χ0v) is 15.6. The highest BCUT2D eigenvalue weighted by Gasteiger charge is 2.38. The number of ether oxygens (including phenoxy) is 2. The first-order chi connectivity index (χ1) is 12.5. The lowest BCUT2D eigenvalue weighted by atomic mass is 9.80. The molecule has 5 heteroatoms. The summed E-state index contributed by atoms with van der Waals surface area (Å²) in [5.74, 6) is 2.65. The van der Waals surface area contributed by atoms with Crippen LogP contribution in [0.4, 0.5) is 0 Å². The molecule has 1 aliphatic heterocycles. The third kappa shape index (κ3) is 4.66. The predicted octanol–water partition coefficient (Wildman–Crippen LogP) is 2.51. The van der Waals surface area contributed by atoms with E-state index >= 15 is 0 Å². The highest BCUT2D eigenvalue weighted by Crippen LogP contribution is 2.39. The van der Waals surface area contributed by atoms with E-state index in [1.54, 1.807) is 14.1 Å². The Hall–Kier alpha value is -2.29. The summed E-state index contributed by atoms with van der Waals surface area (Å²) in [7, 11) is 3.38. The van der Waals surface area contributed by atoms with Crippen molar-refractivity contribution in [3.8, 4) is 12.3 Å². The Morgan fingerprint density at radius 3 is 2.58 bits per heavy atom. The van der Waals surface area contributed by atoms with Crippen LogP contribution in [0.5, 0.6) is 0 Å². The minimum atomic E-state index is -0.534. The zero-order valence-electron chi connectivity index (χ0n) is 15.6. The van der Waals surface area contributed by atoms with Crippen LogP contribution < -0.4 is 0 Å². The van der Waals surface area contributed by atoms with Gasteiger partial charge in [0.25, 0.3) is 5.91 Å². The van der Waals surface area contributed by atoms with Crippen molar-refractivity contribution >= 4 is 5.91 Å². The first-order valence-corrected chi connectivity index (χ1v) is 8.91. The van der Waals surface area contributed by atoms with Crippen LogP contribution in [0.25, 0.3) is 0 Å². The van der Waals surface area contributed by atoms with Gasteiger partial charge in [-0.25, -0.2) is 0 Å². The van der Waals surface area contributed by atoms with E-state index in [9.17, 15) is 9.90 Å². The number of rotatable bonds is 7. The molecule has 26 heavy (non-hydrogen) atoms. The molecule has 5 nitrogen and oxygen atoms in total. The van der Waals surface area contributed by atoms with Gasteiger partial charge in [-0.2, -0.15) is 0 Å². The molecule has 0 unspecified atom stereocenters. The Labute approximate surface area is 155 Å². The van der Waals surface area contributed by atoms with Crippen molar-refractivity contribution in [1.82, 2.24) is 4.90 Å². The molecule has 140 valence electrons. The van der Waals surface area contributed by atoms with Gasteiger partial charge in [0, 0.05) is 44.7 Å². The monoisotopic (exact) mass is 357 g/mol. The topological polar surface area (TPSA) is 59.0 Å². The van der Waals surface area contributed by atoms with Crippen LogP contribution in [0, 0.1) is 18.3 Å². The number of aliphatic hydroxyl groups excluding tert-OH is 1. The second kappa shape index (κ2) is 9.42. The maximum atomic E-state index is 12.5. The summed E-state index contributed by atoms with van der Waals surface area (Å²) in [5, 5.41) is 9.27. The summed E-state index contributed by atoms with van der Waals surface area (Å²) in [6.45, 7) is 2.48. The lowest BCUT2D eigenvalue weighted by molar-refractivity contribution is -0.169. The molecule has 1 heterocycles. The van der Waals surface area contributed by atoms with Crippen LogP contribution in [0.2, 0.25) is 0 Å². The standard InChI is InChI=1S/C21H27NO4/c1-5-15-9-11-16(12-10-15)18-14-19(20(24)22(3)4)26-21(25-6-2)17(18)8-7-13-23/h1,9-12,14,17-18,21,23H,6-8,13H2,2-4H3/t17-,18+,21+/m1/s1. The minimum Gasteiger partial charge on any atom is -0.459 e. The lowest BCUT2D eigenvalue weighted by Crippen LogP contribution is -2.38. The number of aliphatic hydroxyl groups is 1. The number of amides is 1. The molecule has 3 atom stereocenters. The molecule has 1 aromatic rings. The van der Waals surface area contributed by atoms with Crippen LogP contribution >= 0.6 is 0 Å². The average molecular weight is 357 g/mol. The van der Waals surface area contributed by atoms with Crippen LogP contribution in [0.3, 0.4) is 0 Å². The summed E-state index contributed by atoms with van der Waals surface area (Å²) in [5.41, 5.74) is 1.85. The number of benzene rings is 1. The van der Waals surface area contributed by atoms with Crippen LogP contribution in [-0.4, -0.2) is 49.5 Å². The number of hydrogen-bond acceptors (Lipinski definition) is 4. The molecule has 2 rings (SSSR count). The van der Waals surface area contributed by atoms with E-state index < -0.39 is 6.29 Å². The first-order valence-electron chi connectivity index (χ1n) is 8.91. The number of likely N-dealkylation sites (N-methyl/N-ethyl adjacent to an activating group) is 1. The van der Waals surface area contributed by atoms with Crippen molar-refractivity contribution < 1.29 is 19.4 Å². The summed E-state index contributed by atoms with van der Waals surface area (Å²) in [6.07, 6.45) is 8.14. The van der Waals surface area contributed by atoms with Gasteiger partial charge in [0.1, 0.15) is 0 Å². The van der Waals surface area contributed by atoms with E-state index in [-0.39, 0.29) is 24.3 Å². The highest BCUT2D eigenvalue weighted by atomic mass is 16.7. The van der Waals surface area contributed by atoms with Crippen LogP contribution in [0.1, 0.15) is 36.8 Å². The second-order valence-electron chi connectivity index (χ2n) is 6.49. The molecule has 1 N–H and O–H groups in total. The van der Waals surface area contributed by atoms with E-state index in [0.717, 1.165) is 17.5 Å². The van der Waals surface area contributed by atoms with Gasteiger partial charge in [-0.05, 0) is 43.5 Å². The number of terminal acetylenes is 1. The molecule has 1 aliphatic rings. The van der Waals surface area contributed by atoms with E-state index in [1.807, 2.05) is 37.3 Å². The third-order valence-corrected chi connectivity index (χ3v) is 4.49. The largest absolute Gasteiger partial charge is 0.459 e. The van der Waals surface area contributed by atoms with Gasteiger partial charge in [-0.15, -0.1) is 6.42 Å². The lowest BCUT2D eigenvalue weighted by Gasteiger charge is -2.37. The van der Waals surface area contributed by atoms with Crippen molar-refractivity contribution in [1.29, 1.82) is 0 Å². The smallest absolute Gasteiger partial charge is 0.288 e. The van der Waals surface area contributed by atoms with Gasteiger partial charge in [0.05, 0.1) is 0 Å². The van der Waals surface area contributed by atoms with Gasteiger partial charge in [-0.1, -0.05) is 18.1 Å². The van der Waals surface area contributed by atoms with Crippen LogP contribution in [0.15, 0.2) is 36.1 Å². The summed E-state index contributed by atoms with van der Waals surface area (Å²) in [6, 6.07) is 7.75. The number of hydrogen-bond donors (Lipinski definition) is 1. The zero-order chi connectivity index (χ0) is 19.1. The van der Waals surface area contributed by atoms with E-state index in [2.05, 4.69) is 5.92 Å². The number of carbonyl (C=O) groups is 1. The van der Waals surface area contributed by atoms with E-state index in [4.69, 9.17) is 15.9 Å². The Balaban J connectivity index is 2.44. The molecule has 1 aromatic carbocycles. The molecule has 0 aliphatic carbocycles. The molecule has 0 radical (unpaired) electrons. The van der Waals surface area contributed by atoms with Gasteiger partial charge >= 0.3 is 0 Å². The SMILES string of the molecule is C#Cc1ccc([C@@H]2C=C(C(=O)N(C)C)O[C@H](OCC)[C@@H]2CCCO)cc1. The second-order valence-corrected chi connectivity index (χ2v) is 6.49. The fourth-order valence-corrected chi connectivity index (χ4v) is 3.16. The molecule has 0 saturated carbocycles. The van der Waals surface area contributed by atoms with Crippen molar-refractivity contribution in [2.24, 2.45) is 5.92 Å². The van der Waals surface area contributed by atoms with Gasteiger partial charge in [0.15, 0.2) is 5.76 Å². The van der Waals surface area contributed by atoms with E-state index in [0.29, 0.717) is 18.8 Å². The maximum Gasteiger partial charge on any atom is 0.288 e. The maximum absolute atomic E-state index is 12.5. The number of nitrogens with zero attached hydrogens (tertiary/aromatic N) is 1. The molecule has 0 bridgehead atoms. The number of carbonyl (C=O) groups excluding carboxylic acids is 1. The Morgan fingerprint density at radius 1 is 1.35 bits per heavy atom. The molecular formula is C21H27NO4. The molecule has 0 spiro atoms. The summed E-state index contributed by atoms with van der Waals surface area (Å²) < 4.78 is 11.7. The van der Waals surface area contributed by atoms with Crippen molar-refractivity contribution in [3.63, 3.8) is 0 Å². The molecular weight excluding hydrogens is 330 g/mol. The minimum absolute atomic E-state index is 0.00232. The van der Waals surface area contributed by atoms with Crippen LogP contribution in [-0.2, 0) is 14.3 Å². The number of allylic oxidation sites excluding steroid dienone is 1. The normalized spacial score (nSPS) is 22.1.